The molecule has 2 aromatic rings. The molecule has 0 aliphatic heterocycles. The third-order valence-electron chi connectivity index (χ3n) is 2.87. The normalized spacial score (nSPS) is 11.0. The Hall–Kier alpha value is -2.55. The Balaban J connectivity index is 2.09. The maximum Gasteiger partial charge on any atom is 0.251 e. The Labute approximate surface area is 118 Å². The van der Waals surface area contributed by atoms with Gasteiger partial charge in [0.2, 0.25) is 0 Å². The minimum absolute atomic E-state index is 0.123. The van der Waals surface area contributed by atoms with Gasteiger partial charge in [0.15, 0.2) is 0 Å². The molecule has 0 bridgehead atoms. The molecule has 0 aliphatic rings. The van der Waals surface area contributed by atoms with Gasteiger partial charge in [-0.05, 0) is 30.7 Å². The van der Waals surface area contributed by atoms with Crippen LogP contribution in [0.5, 0.6) is 5.75 Å². The molecule has 2 aromatic carbocycles. The maximum absolute atomic E-state index is 12.1. The van der Waals surface area contributed by atoms with Gasteiger partial charge in [-0.15, -0.1) is 0 Å². The number of benzene rings is 2. The van der Waals surface area contributed by atoms with E-state index in [1.807, 2.05) is 54.6 Å². The molecule has 20 heavy (non-hydrogen) atoms. The second-order valence-corrected chi connectivity index (χ2v) is 4.42. The maximum atomic E-state index is 12.1. The van der Waals surface area contributed by atoms with Crippen LogP contribution in [-0.2, 0) is 4.79 Å². The number of nitrogens with one attached hydrogen (secondary N) is 1. The Morgan fingerprint density at radius 3 is 2.55 bits per heavy atom. The lowest BCUT2D eigenvalue weighted by molar-refractivity contribution is -0.112. The lowest BCUT2D eigenvalue weighted by Gasteiger charge is -2.07. The first kappa shape index (κ1) is 13.9. The zero-order valence-electron chi connectivity index (χ0n) is 11.6. The van der Waals surface area contributed by atoms with Gasteiger partial charge >= 0.3 is 0 Å². The molecule has 0 atom stereocenters. The first-order chi connectivity index (χ1) is 9.69. The molecule has 2 rings (SSSR count). The highest BCUT2D eigenvalue weighted by Crippen LogP contribution is 2.17. The van der Waals surface area contributed by atoms with Gasteiger partial charge in [-0.2, -0.15) is 0 Å². The van der Waals surface area contributed by atoms with E-state index in [-0.39, 0.29) is 5.91 Å². The largest absolute Gasteiger partial charge is 0.497 e. The molecular formula is C17H17NO2. The van der Waals surface area contributed by atoms with Gasteiger partial charge < -0.3 is 10.1 Å². The van der Waals surface area contributed by atoms with Gasteiger partial charge in [0.25, 0.3) is 5.91 Å². The molecule has 0 unspecified atom stereocenters. The lowest BCUT2D eigenvalue weighted by Crippen LogP contribution is -2.12. The van der Waals surface area contributed by atoms with E-state index in [0.717, 1.165) is 11.3 Å². The van der Waals surface area contributed by atoms with E-state index < -0.39 is 0 Å². The molecule has 1 amide bonds. The molecule has 0 fully saturated rings. The highest BCUT2D eigenvalue weighted by molar-refractivity contribution is 6.06. The molecule has 0 aromatic heterocycles. The molecule has 0 heterocycles. The van der Waals surface area contributed by atoms with Crippen LogP contribution >= 0.6 is 0 Å². The lowest BCUT2D eigenvalue weighted by atomic mass is 10.1. The Kier molecular flexibility index (Phi) is 4.56. The molecule has 3 nitrogen and oxygen atoms in total. The Morgan fingerprint density at radius 2 is 1.85 bits per heavy atom. The third kappa shape index (κ3) is 3.72. The van der Waals surface area contributed by atoms with E-state index in [9.17, 15) is 4.79 Å². The van der Waals surface area contributed by atoms with Crippen LogP contribution in [0, 0.1) is 0 Å². The quantitative estimate of drug-likeness (QED) is 0.857. The van der Waals surface area contributed by atoms with Crippen LogP contribution in [0.15, 0.2) is 60.2 Å². The average molecular weight is 267 g/mol. The summed E-state index contributed by atoms with van der Waals surface area (Å²) in [5.41, 5.74) is 2.37. The van der Waals surface area contributed by atoms with Crippen molar-refractivity contribution in [3.63, 3.8) is 0 Å². The van der Waals surface area contributed by atoms with Crippen LogP contribution in [0.25, 0.3) is 6.08 Å². The van der Waals surface area contributed by atoms with Crippen molar-refractivity contribution in [3.8, 4) is 5.75 Å². The van der Waals surface area contributed by atoms with Gasteiger partial charge in [-0.25, -0.2) is 0 Å². The summed E-state index contributed by atoms with van der Waals surface area (Å²) in [5, 5.41) is 2.85. The number of hydrogen-bond acceptors (Lipinski definition) is 2. The van der Waals surface area contributed by atoms with Crippen molar-refractivity contribution < 1.29 is 9.53 Å². The minimum Gasteiger partial charge on any atom is -0.497 e. The predicted octanol–water partition coefficient (Wildman–Crippen LogP) is 3.74. The van der Waals surface area contributed by atoms with Gasteiger partial charge in [0, 0.05) is 17.3 Å². The van der Waals surface area contributed by atoms with Crippen molar-refractivity contribution in [3.05, 3.63) is 65.7 Å². The average Bonchev–Trinajstić information content (AvgIpc) is 2.48. The van der Waals surface area contributed by atoms with Crippen molar-refractivity contribution in [1.82, 2.24) is 0 Å². The Bertz CT molecular complexity index is 618. The Morgan fingerprint density at radius 1 is 1.10 bits per heavy atom. The van der Waals surface area contributed by atoms with Crippen molar-refractivity contribution in [2.45, 2.75) is 6.92 Å². The first-order valence-corrected chi connectivity index (χ1v) is 6.38. The van der Waals surface area contributed by atoms with E-state index >= 15 is 0 Å². The molecule has 3 heteroatoms. The highest BCUT2D eigenvalue weighted by atomic mass is 16.5. The van der Waals surface area contributed by atoms with Crippen LogP contribution in [0.4, 0.5) is 5.69 Å². The number of methoxy groups -OCH3 is 1. The van der Waals surface area contributed by atoms with Crippen LogP contribution in [0.1, 0.15) is 12.5 Å². The fraction of sp³-hybridized carbons (Fsp3) is 0.118. The summed E-state index contributed by atoms with van der Waals surface area (Å²) < 4.78 is 5.13. The van der Waals surface area contributed by atoms with Crippen molar-refractivity contribution in [2.75, 3.05) is 12.4 Å². The summed E-state index contributed by atoms with van der Waals surface area (Å²) in [5.74, 6) is 0.592. The minimum atomic E-state index is -0.123. The summed E-state index contributed by atoms with van der Waals surface area (Å²) in [4.78, 5) is 12.1. The van der Waals surface area contributed by atoms with Gasteiger partial charge in [-0.1, -0.05) is 36.4 Å². The standard InChI is InChI=1S/C17H17NO2/c1-13(11-14-7-4-3-5-8-14)17(19)18-15-9-6-10-16(12-15)20-2/h3-12H,1-2H3,(H,18,19). The molecule has 0 saturated carbocycles. The van der Waals surface area contributed by atoms with Gasteiger partial charge in [-0.3, -0.25) is 4.79 Å². The summed E-state index contributed by atoms with van der Waals surface area (Å²) in [7, 11) is 1.60. The summed E-state index contributed by atoms with van der Waals surface area (Å²) in [6.07, 6.45) is 1.86. The summed E-state index contributed by atoms with van der Waals surface area (Å²) in [6, 6.07) is 17.0. The second-order valence-electron chi connectivity index (χ2n) is 4.42. The van der Waals surface area contributed by atoms with E-state index in [1.165, 1.54) is 0 Å². The van der Waals surface area contributed by atoms with Gasteiger partial charge in [0.05, 0.1) is 7.11 Å². The molecule has 0 radical (unpaired) electrons. The number of ether oxygens (including phenoxy) is 1. The zero-order chi connectivity index (χ0) is 14.4. The number of hydrogen-bond donors (Lipinski definition) is 1. The molecule has 0 saturated heterocycles. The number of rotatable bonds is 4. The third-order valence-corrected chi connectivity index (χ3v) is 2.87. The smallest absolute Gasteiger partial charge is 0.251 e. The van der Waals surface area contributed by atoms with Crippen molar-refractivity contribution >= 4 is 17.7 Å². The number of amides is 1. The molecular weight excluding hydrogens is 250 g/mol. The van der Waals surface area contributed by atoms with E-state index in [4.69, 9.17) is 4.74 Å². The molecule has 0 aliphatic carbocycles. The van der Waals surface area contributed by atoms with E-state index in [2.05, 4.69) is 5.32 Å². The van der Waals surface area contributed by atoms with E-state index in [0.29, 0.717) is 11.3 Å². The summed E-state index contributed by atoms with van der Waals surface area (Å²) >= 11 is 0. The van der Waals surface area contributed by atoms with Crippen molar-refractivity contribution in [2.24, 2.45) is 0 Å². The monoisotopic (exact) mass is 267 g/mol. The molecule has 0 spiro atoms. The number of carbonyl (C=O) groups is 1. The van der Waals surface area contributed by atoms with Crippen LogP contribution in [0.2, 0.25) is 0 Å². The van der Waals surface area contributed by atoms with E-state index in [1.54, 1.807) is 20.1 Å². The van der Waals surface area contributed by atoms with Crippen LogP contribution < -0.4 is 10.1 Å². The fourth-order valence-electron chi connectivity index (χ4n) is 1.80. The van der Waals surface area contributed by atoms with Crippen molar-refractivity contribution in [1.29, 1.82) is 0 Å². The topological polar surface area (TPSA) is 38.3 Å². The molecule has 102 valence electrons. The number of anilines is 1. The van der Waals surface area contributed by atoms with Gasteiger partial charge in [0.1, 0.15) is 5.75 Å². The fourth-order valence-corrected chi connectivity index (χ4v) is 1.80. The van der Waals surface area contributed by atoms with Crippen LogP contribution in [-0.4, -0.2) is 13.0 Å². The highest BCUT2D eigenvalue weighted by Gasteiger charge is 2.05. The zero-order valence-corrected chi connectivity index (χ0v) is 11.6. The molecule has 1 N–H and O–H groups in total. The van der Waals surface area contributed by atoms with Crippen LogP contribution in [0.3, 0.4) is 0 Å². The second kappa shape index (κ2) is 6.57. The first-order valence-electron chi connectivity index (χ1n) is 6.38. The predicted molar refractivity (Wildman–Crippen MR) is 81.7 cm³/mol. The number of carbonyl (C=O) groups excluding carboxylic acids is 1. The summed E-state index contributed by atoms with van der Waals surface area (Å²) in [6.45, 7) is 1.79. The SMILES string of the molecule is COc1cccc(NC(=O)C(C)=Cc2ccccc2)c1.